The number of likely N-dealkylation sites (N-methyl/N-ethyl adjacent to an activating group) is 1. The number of anilines is 1. The number of aliphatic hydroxyl groups excluding tert-OH is 1. The van der Waals surface area contributed by atoms with Gasteiger partial charge in [0, 0.05) is 49.8 Å². The highest BCUT2D eigenvalue weighted by Gasteiger charge is 2.66. The van der Waals surface area contributed by atoms with Crippen LogP contribution in [0, 0.1) is 5.92 Å². The van der Waals surface area contributed by atoms with Gasteiger partial charge in [0.25, 0.3) is 11.5 Å². The summed E-state index contributed by atoms with van der Waals surface area (Å²) in [5.41, 5.74) is 1.29. The van der Waals surface area contributed by atoms with Crippen molar-refractivity contribution in [2.24, 2.45) is 5.92 Å². The normalized spacial score (nSPS) is 24.5. The molecule has 2 aliphatic rings. The fourth-order valence-corrected chi connectivity index (χ4v) is 9.27. The summed E-state index contributed by atoms with van der Waals surface area (Å²) in [5.74, 6) is -0.663. The molecule has 0 unspecified atom stereocenters. The number of ether oxygens (including phenoxy) is 1. The van der Waals surface area contributed by atoms with E-state index in [1.807, 2.05) is 37.3 Å². The van der Waals surface area contributed by atoms with Gasteiger partial charge in [-0.05, 0) is 49.8 Å². The second-order valence-electron chi connectivity index (χ2n) is 11.4. The maximum atomic E-state index is 16.0. The van der Waals surface area contributed by atoms with Crippen LogP contribution in [-0.4, -0.2) is 64.0 Å². The van der Waals surface area contributed by atoms with Crippen LogP contribution in [0.1, 0.15) is 24.6 Å². The Labute approximate surface area is 231 Å². The molecule has 2 aromatic heterocycles. The predicted molar refractivity (Wildman–Crippen MR) is 151 cm³/mol. The van der Waals surface area contributed by atoms with Crippen LogP contribution in [0.4, 0.5) is 9.80 Å². The highest BCUT2D eigenvalue weighted by Crippen LogP contribution is 2.60. The molecule has 6 rings (SSSR count). The first-order chi connectivity index (χ1) is 19.1. The molecule has 2 N–H and O–H groups in total. The van der Waals surface area contributed by atoms with Crippen molar-refractivity contribution in [3.8, 4) is 5.69 Å². The van der Waals surface area contributed by atoms with Gasteiger partial charge >= 0.3 is 0 Å². The van der Waals surface area contributed by atoms with E-state index in [1.54, 1.807) is 48.1 Å². The van der Waals surface area contributed by atoms with Crippen LogP contribution >= 0.6 is 0 Å². The monoisotopic (exact) mass is 564 g/mol. The number of halogens is 1. The van der Waals surface area contributed by atoms with Gasteiger partial charge in [-0.15, -0.1) is 5.10 Å². The summed E-state index contributed by atoms with van der Waals surface area (Å²) in [4.78, 5) is 28.7. The quantitative estimate of drug-likeness (QED) is 0.263. The van der Waals surface area contributed by atoms with Crippen molar-refractivity contribution in [2.45, 2.75) is 56.7 Å². The molecule has 0 radical (unpaired) electrons. The summed E-state index contributed by atoms with van der Waals surface area (Å²) < 4.78 is 25.9. The maximum Gasteiger partial charge on any atom is 0.279 e. The van der Waals surface area contributed by atoms with E-state index in [-0.39, 0.29) is 18.1 Å². The maximum absolute atomic E-state index is 16.0. The van der Waals surface area contributed by atoms with Crippen molar-refractivity contribution in [1.82, 2.24) is 24.8 Å². The zero-order valence-corrected chi connectivity index (χ0v) is 24.0. The number of benzene rings is 2. The Morgan fingerprint density at radius 2 is 1.98 bits per heavy atom. The third-order valence-corrected chi connectivity index (χ3v) is 11.0. The highest BCUT2D eigenvalue weighted by molar-refractivity contribution is 6.72. The third kappa shape index (κ3) is 3.96. The second-order valence-corrected chi connectivity index (χ2v) is 15.2. The Bertz CT molecular complexity index is 1660. The standard InChI is InChI=1S/C28H33FN6O4Si/c1-17-25(40(3,4)29)24(11-13-34-16-18(12-14-36)30-32-34)39-28(17)21-15-19(9-10-23(21)33(2)27(28)38)35-26(37)20-7-5-6-8-22(20)31-35/h5-10,15-17,24-25,31,36H,11-14H2,1-4H3/t17-,24+,25-,28+/m1/s1. The van der Waals surface area contributed by atoms with Crippen molar-refractivity contribution in [2.75, 3.05) is 18.6 Å². The summed E-state index contributed by atoms with van der Waals surface area (Å²) in [7, 11) is -1.60. The number of H-pyrrole nitrogens is 1. The molecule has 4 heterocycles. The van der Waals surface area contributed by atoms with Gasteiger partial charge in [-0.25, -0.2) is 4.68 Å². The van der Waals surface area contributed by atoms with E-state index in [0.717, 1.165) is 0 Å². The lowest BCUT2D eigenvalue weighted by molar-refractivity contribution is -0.145. The van der Waals surface area contributed by atoms with E-state index in [9.17, 15) is 14.7 Å². The van der Waals surface area contributed by atoms with E-state index in [4.69, 9.17) is 4.74 Å². The molecular formula is C28H33FN6O4Si. The number of amides is 1. The van der Waals surface area contributed by atoms with Gasteiger partial charge in [0.05, 0.1) is 34.1 Å². The number of aromatic nitrogens is 5. The van der Waals surface area contributed by atoms with E-state index in [1.165, 1.54) is 4.68 Å². The first-order valence-electron chi connectivity index (χ1n) is 13.6. The molecule has 1 spiro atoms. The SMILES string of the molecule is C[C@@H]1[C@@H]([Si](C)(C)F)[C@H](CCn2cc(CCO)nn2)O[C@@]12C(=O)N(C)c1ccc(-n3[nH]c4ccccc4c3=O)cc12. The van der Waals surface area contributed by atoms with Crippen molar-refractivity contribution in [1.29, 1.82) is 0 Å². The molecule has 40 heavy (non-hydrogen) atoms. The van der Waals surface area contributed by atoms with E-state index < -0.39 is 31.6 Å². The number of hydrogen-bond donors (Lipinski definition) is 2. The van der Waals surface area contributed by atoms with Crippen molar-refractivity contribution in [3.63, 3.8) is 0 Å². The molecule has 210 valence electrons. The summed E-state index contributed by atoms with van der Waals surface area (Å²) in [6, 6.07) is 12.7. The molecule has 1 amide bonds. The van der Waals surface area contributed by atoms with Crippen LogP contribution in [0.5, 0.6) is 0 Å². The molecule has 0 aliphatic carbocycles. The van der Waals surface area contributed by atoms with Gasteiger partial charge in [-0.2, -0.15) is 0 Å². The molecule has 0 saturated carbocycles. The van der Waals surface area contributed by atoms with Gasteiger partial charge in [-0.1, -0.05) is 24.3 Å². The van der Waals surface area contributed by atoms with Crippen LogP contribution < -0.4 is 10.5 Å². The minimum Gasteiger partial charge on any atom is -0.396 e. The zero-order chi connectivity index (χ0) is 28.4. The van der Waals surface area contributed by atoms with Gasteiger partial charge in [0.15, 0.2) is 5.60 Å². The fraction of sp³-hybridized carbons (Fsp3) is 0.429. The van der Waals surface area contributed by atoms with Crippen LogP contribution in [0.15, 0.2) is 53.5 Å². The number of aryl methyl sites for hydroxylation is 1. The molecule has 4 aromatic rings. The summed E-state index contributed by atoms with van der Waals surface area (Å²) in [6.07, 6.45) is 2.11. The summed E-state index contributed by atoms with van der Waals surface area (Å²) in [5, 5.41) is 21.1. The molecule has 1 saturated heterocycles. The van der Waals surface area contributed by atoms with E-state index >= 15 is 4.11 Å². The third-order valence-electron chi connectivity index (χ3n) is 8.52. The van der Waals surface area contributed by atoms with Gasteiger partial charge in [-0.3, -0.25) is 19.4 Å². The van der Waals surface area contributed by atoms with Gasteiger partial charge in [0.2, 0.25) is 8.41 Å². The number of aromatic amines is 1. The fourth-order valence-electron chi connectivity index (χ4n) is 6.73. The molecule has 12 heteroatoms. The number of fused-ring (bicyclic) bond motifs is 3. The molecule has 0 bridgehead atoms. The number of nitrogens with zero attached hydrogens (tertiary/aromatic N) is 5. The topological polar surface area (TPSA) is 118 Å². The lowest BCUT2D eigenvalue weighted by atomic mass is 9.82. The number of para-hydroxylation sites is 1. The van der Waals surface area contributed by atoms with Gasteiger partial charge in [0.1, 0.15) is 0 Å². The molecule has 1 fully saturated rings. The zero-order valence-electron chi connectivity index (χ0n) is 23.0. The van der Waals surface area contributed by atoms with E-state index in [2.05, 4.69) is 15.4 Å². The first-order valence-corrected chi connectivity index (χ1v) is 16.5. The molecule has 2 aliphatic heterocycles. The lowest BCUT2D eigenvalue weighted by Crippen LogP contribution is -2.44. The lowest BCUT2D eigenvalue weighted by Gasteiger charge is -2.31. The van der Waals surface area contributed by atoms with Crippen LogP contribution in [-0.2, 0) is 28.1 Å². The number of nitrogens with one attached hydrogen (secondary N) is 1. The molecular weight excluding hydrogens is 531 g/mol. The highest BCUT2D eigenvalue weighted by atomic mass is 28.4. The average molecular weight is 565 g/mol. The second kappa shape index (κ2) is 9.49. The number of rotatable bonds is 7. The Balaban J connectivity index is 1.40. The smallest absolute Gasteiger partial charge is 0.279 e. The van der Waals surface area contributed by atoms with E-state index in [0.29, 0.717) is 52.9 Å². The Morgan fingerprint density at radius 3 is 2.70 bits per heavy atom. The van der Waals surface area contributed by atoms with Crippen LogP contribution in [0.3, 0.4) is 0 Å². The van der Waals surface area contributed by atoms with Crippen LogP contribution in [0.25, 0.3) is 16.6 Å². The summed E-state index contributed by atoms with van der Waals surface area (Å²) >= 11 is 0. The molecule has 4 atom stereocenters. The minimum atomic E-state index is -3.31. The van der Waals surface area contributed by atoms with Gasteiger partial charge < -0.3 is 18.9 Å². The average Bonchev–Trinajstić information content (AvgIpc) is 3.64. The predicted octanol–water partition coefficient (Wildman–Crippen LogP) is 3.29. The molecule has 10 nitrogen and oxygen atoms in total. The van der Waals surface area contributed by atoms with Crippen molar-refractivity contribution < 1.29 is 18.7 Å². The minimum absolute atomic E-state index is 0.0180. The number of carbonyl (C=O) groups is 1. The number of hydrogen-bond acceptors (Lipinski definition) is 6. The Kier molecular flexibility index (Phi) is 6.31. The molecule has 2 aromatic carbocycles. The number of carbonyl (C=O) groups excluding carboxylic acids is 1. The Hall–Kier alpha value is -3.61. The Morgan fingerprint density at radius 1 is 1.20 bits per heavy atom. The van der Waals surface area contributed by atoms with Crippen molar-refractivity contribution >= 4 is 30.9 Å². The van der Waals surface area contributed by atoms with Crippen LogP contribution in [0.2, 0.25) is 18.6 Å². The summed E-state index contributed by atoms with van der Waals surface area (Å²) in [6.45, 7) is 5.67. The number of aliphatic hydroxyl groups is 1. The largest absolute Gasteiger partial charge is 0.396 e. The first kappa shape index (κ1) is 26.6. The van der Waals surface area contributed by atoms with Crippen molar-refractivity contribution in [3.05, 3.63) is 70.3 Å².